The van der Waals surface area contributed by atoms with E-state index in [1.165, 1.54) is 4.31 Å². The Morgan fingerprint density at radius 3 is 2.00 bits per heavy atom. The highest BCUT2D eigenvalue weighted by Crippen LogP contribution is 2.88. The van der Waals surface area contributed by atoms with Gasteiger partial charge in [-0.15, -0.1) is 0 Å². The molecule has 0 radical (unpaired) electrons. The van der Waals surface area contributed by atoms with E-state index in [0.717, 1.165) is 96.6 Å². The Hall–Kier alpha value is -2.38. The van der Waals surface area contributed by atoms with Crippen LogP contribution in [0.4, 0.5) is 0 Å². The van der Waals surface area contributed by atoms with Gasteiger partial charge in [-0.2, -0.15) is 12.7 Å². The lowest BCUT2D eigenvalue weighted by molar-refractivity contribution is -0.147. The summed E-state index contributed by atoms with van der Waals surface area (Å²) in [5.41, 5.74) is -2.03. The molecule has 332 valence electrons. The molecule has 2 spiro atoms. The number of hydrogen-bond acceptors (Lipinski definition) is 8. The molecule has 4 saturated carbocycles. The first-order chi connectivity index (χ1) is 27.8. The number of hydrogen-bond donors (Lipinski definition) is 2. The molecule has 59 heavy (non-hydrogen) atoms. The predicted octanol–water partition coefficient (Wildman–Crippen LogP) is 6.18. The number of ketones is 2. The van der Waals surface area contributed by atoms with Crippen molar-refractivity contribution in [3.05, 3.63) is 0 Å². The number of fused-ring (bicyclic) bond motifs is 1. The minimum Gasteiger partial charge on any atom is -0.345 e. The maximum atomic E-state index is 15.4. The topological polar surface area (TPSA) is 153 Å². The minimum absolute atomic E-state index is 0.0198. The first kappa shape index (κ1) is 44.7. The average molecular weight is 842 g/mol. The lowest BCUT2D eigenvalue weighted by Crippen LogP contribution is -2.56. The smallest absolute Gasteiger partial charge is 0.303 e. The molecule has 7 aliphatic rings. The third kappa shape index (κ3) is 7.75. The van der Waals surface area contributed by atoms with E-state index in [1.807, 2.05) is 27.7 Å². The average Bonchev–Trinajstić information content (AvgIpc) is 3.64. The Morgan fingerprint density at radius 2 is 1.44 bits per heavy atom. The van der Waals surface area contributed by atoms with Gasteiger partial charge in [0.2, 0.25) is 17.7 Å². The van der Waals surface area contributed by atoms with E-state index in [4.69, 9.17) is 0 Å². The maximum Gasteiger partial charge on any atom is 0.303 e. The van der Waals surface area contributed by atoms with Gasteiger partial charge in [0.25, 0.3) is 0 Å². The molecule has 7 rings (SSSR count). The van der Waals surface area contributed by atoms with Gasteiger partial charge >= 0.3 is 10.2 Å². The number of amides is 3. The monoisotopic (exact) mass is 842 g/mol. The van der Waals surface area contributed by atoms with E-state index in [9.17, 15) is 27.6 Å². The molecule has 0 unspecified atom stereocenters. The number of rotatable bonds is 15. The lowest BCUT2D eigenvalue weighted by Gasteiger charge is -2.38. The summed E-state index contributed by atoms with van der Waals surface area (Å²) >= 11 is 0. The van der Waals surface area contributed by atoms with Gasteiger partial charge in [-0.25, -0.2) is 4.72 Å². The van der Waals surface area contributed by atoms with Crippen LogP contribution in [0.3, 0.4) is 0 Å². The van der Waals surface area contributed by atoms with Gasteiger partial charge in [-0.1, -0.05) is 87.0 Å². The summed E-state index contributed by atoms with van der Waals surface area (Å²) in [7, 11) is -4.02. The number of likely N-dealkylation sites (N-methyl/N-ethyl adjacent to an activating group) is 1. The van der Waals surface area contributed by atoms with E-state index in [1.54, 1.807) is 4.90 Å². The first-order valence-electron chi connectivity index (χ1n) is 23.5. The molecule has 3 amide bonds. The van der Waals surface area contributed by atoms with Crippen LogP contribution in [0.1, 0.15) is 164 Å². The number of likely N-dealkylation sites (tertiary alicyclic amines) is 2. The zero-order valence-corrected chi connectivity index (χ0v) is 38.2. The van der Waals surface area contributed by atoms with Gasteiger partial charge < -0.3 is 10.2 Å². The molecule has 7 atom stereocenters. The van der Waals surface area contributed by atoms with E-state index in [-0.39, 0.29) is 70.3 Å². The van der Waals surface area contributed by atoms with Crippen molar-refractivity contribution in [2.75, 3.05) is 32.7 Å². The third-order valence-electron chi connectivity index (χ3n) is 17.6. The van der Waals surface area contributed by atoms with E-state index in [0.29, 0.717) is 38.9 Å². The number of carbonyl (C=O) groups excluding carboxylic acids is 5. The Kier molecular flexibility index (Phi) is 12.4. The maximum absolute atomic E-state index is 15.4. The number of nitrogens with zero attached hydrogens (tertiary/aromatic N) is 3. The van der Waals surface area contributed by atoms with Crippen LogP contribution in [0.15, 0.2) is 0 Å². The molecule has 0 aromatic rings. The van der Waals surface area contributed by atoms with Crippen LogP contribution >= 0.6 is 0 Å². The second kappa shape index (κ2) is 16.4. The number of carbonyl (C=O) groups is 5. The van der Waals surface area contributed by atoms with Gasteiger partial charge in [0, 0.05) is 43.8 Å². The summed E-state index contributed by atoms with van der Waals surface area (Å²) in [4.78, 5) is 77.1. The van der Waals surface area contributed by atoms with Crippen molar-refractivity contribution in [3.63, 3.8) is 0 Å². The Bertz CT molecular complexity index is 1760. The van der Waals surface area contributed by atoms with Gasteiger partial charge in [0.05, 0.1) is 23.5 Å². The van der Waals surface area contributed by atoms with Gasteiger partial charge in [-0.3, -0.25) is 28.9 Å². The van der Waals surface area contributed by atoms with Crippen molar-refractivity contribution >= 4 is 39.5 Å². The molecule has 3 aliphatic heterocycles. The summed E-state index contributed by atoms with van der Waals surface area (Å²) in [5.74, 6) is -2.01. The normalized spacial score (nSPS) is 33.0. The first-order valence-corrected chi connectivity index (χ1v) is 25.0. The van der Waals surface area contributed by atoms with Crippen LogP contribution in [0.5, 0.6) is 0 Å². The molecule has 0 aromatic carbocycles. The van der Waals surface area contributed by atoms with Crippen molar-refractivity contribution in [1.82, 2.24) is 24.1 Å². The van der Waals surface area contributed by atoms with Crippen LogP contribution in [-0.4, -0.2) is 103 Å². The minimum atomic E-state index is -4.02. The van der Waals surface area contributed by atoms with Crippen molar-refractivity contribution in [3.8, 4) is 0 Å². The summed E-state index contributed by atoms with van der Waals surface area (Å²) < 4.78 is 30.2. The second-order valence-electron chi connectivity index (χ2n) is 21.6. The van der Waals surface area contributed by atoms with Gasteiger partial charge in [-0.05, 0) is 105 Å². The molecular weight excluding hydrogens is 767 g/mol. The Morgan fingerprint density at radius 1 is 0.797 bits per heavy atom. The van der Waals surface area contributed by atoms with Crippen molar-refractivity contribution in [1.29, 1.82) is 0 Å². The van der Waals surface area contributed by atoms with Crippen molar-refractivity contribution in [2.24, 2.45) is 44.8 Å². The van der Waals surface area contributed by atoms with Gasteiger partial charge in [0.15, 0.2) is 11.6 Å². The molecule has 4 aliphatic carbocycles. The highest BCUT2D eigenvalue weighted by Gasteiger charge is 2.85. The molecule has 7 fully saturated rings. The molecule has 3 heterocycles. The van der Waals surface area contributed by atoms with Gasteiger partial charge in [0.1, 0.15) is 0 Å². The lowest BCUT2D eigenvalue weighted by atomic mass is 9.73. The van der Waals surface area contributed by atoms with Crippen LogP contribution in [0.25, 0.3) is 0 Å². The zero-order valence-electron chi connectivity index (χ0n) is 37.3. The van der Waals surface area contributed by atoms with E-state index < -0.39 is 44.9 Å². The van der Waals surface area contributed by atoms with Crippen molar-refractivity contribution in [2.45, 2.75) is 182 Å². The summed E-state index contributed by atoms with van der Waals surface area (Å²) in [6, 6.07) is -1.69. The highest BCUT2D eigenvalue weighted by molar-refractivity contribution is 7.87. The van der Waals surface area contributed by atoms with Crippen molar-refractivity contribution < 1.29 is 32.4 Å². The summed E-state index contributed by atoms with van der Waals surface area (Å²) in [5, 5.41) is 3.27. The zero-order chi connectivity index (χ0) is 42.8. The third-order valence-corrected chi connectivity index (χ3v) is 19.1. The van der Waals surface area contributed by atoms with Crippen LogP contribution < -0.4 is 10.0 Å². The van der Waals surface area contributed by atoms with E-state index in [2.05, 4.69) is 35.7 Å². The number of Topliss-reactive ketones (excluding diaryl/α,β-unsaturated/α-hetero) is 2. The molecule has 12 nitrogen and oxygen atoms in total. The van der Waals surface area contributed by atoms with Crippen LogP contribution in [0.2, 0.25) is 0 Å². The van der Waals surface area contributed by atoms with E-state index >= 15 is 4.79 Å². The number of piperidine rings is 1. The fourth-order valence-electron chi connectivity index (χ4n) is 13.4. The molecule has 0 bridgehead atoms. The fraction of sp³-hybridized carbons (Fsp3) is 0.891. The van der Waals surface area contributed by atoms with Crippen LogP contribution in [0, 0.1) is 44.8 Å². The largest absolute Gasteiger partial charge is 0.345 e. The SMILES string of the molecule is CC[C@@H]1C[C@]1(CC(=O)[C@@H]1C[C@@]2(CN1C(=O)[C@@H](CC(=O)[C@@H](NC(=O)[C@@H]1CCCCN1CC)C1CCCCC1)C(C)(C)C)C(C)(C)C21CCC1)C(=O)NS(=O)(=O)N1CCCC1. The quantitative estimate of drug-likeness (QED) is 0.199. The molecule has 13 heteroatoms. The number of nitrogens with one attached hydrogen (secondary N) is 2. The standard InChI is InChI=1S/C46H75N5O7S/c1-8-32-27-44(32,41(56)48-59(57,58)50-24-15-16-25-50)29-37(53)35-28-46(43(6,7)45(46)21-17-22-45)30-51(35)40(55)33(42(3,4)5)26-36(52)38(31-18-11-10-12-19-31)47-39(54)34-20-13-14-23-49(34)9-2/h31-35,38H,8-30H2,1-7H3,(H,47,54)(H,48,56)/t32-,33-,34+,35+,38+,44-,46-/m1/s1. The fourth-order valence-corrected chi connectivity index (χ4v) is 14.7. The molecular formula is C46H75N5O7S. The second-order valence-corrected chi connectivity index (χ2v) is 23.3. The Balaban J connectivity index is 1.15. The summed E-state index contributed by atoms with van der Waals surface area (Å²) in [6.07, 6.45) is 13.9. The molecule has 3 saturated heterocycles. The Labute approximate surface area is 354 Å². The summed E-state index contributed by atoms with van der Waals surface area (Å²) in [6.45, 7) is 17.4. The molecule has 0 aromatic heterocycles. The van der Waals surface area contributed by atoms with Crippen LogP contribution in [-0.2, 0) is 34.2 Å². The predicted molar refractivity (Wildman–Crippen MR) is 227 cm³/mol. The molecule has 2 N–H and O–H groups in total. The highest BCUT2D eigenvalue weighted by atomic mass is 32.2.